The largest absolute Gasteiger partial charge is 0.382 e. The van der Waals surface area contributed by atoms with Crippen LogP contribution >= 0.6 is 0 Å². The van der Waals surface area contributed by atoms with Gasteiger partial charge < -0.3 is 9.47 Å². The lowest BCUT2D eigenvalue weighted by Crippen LogP contribution is -2.14. The Balaban J connectivity index is 1.97. The SMILES string of the molecule is COCCOCCC(=O)CC1CCCCC1. The first-order chi connectivity index (χ1) is 7.83. The molecule has 0 N–H and O–H groups in total. The van der Waals surface area contributed by atoms with Gasteiger partial charge in [0.1, 0.15) is 5.78 Å². The van der Waals surface area contributed by atoms with Crippen molar-refractivity contribution in [2.75, 3.05) is 26.9 Å². The molecule has 1 aliphatic carbocycles. The topological polar surface area (TPSA) is 35.5 Å². The highest BCUT2D eigenvalue weighted by Crippen LogP contribution is 2.26. The summed E-state index contributed by atoms with van der Waals surface area (Å²) in [6.45, 7) is 1.75. The summed E-state index contributed by atoms with van der Waals surface area (Å²) in [7, 11) is 1.65. The van der Waals surface area contributed by atoms with E-state index in [1.807, 2.05) is 0 Å². The minimum atomic E-state index is 0.365. The molecule has 0 unspecified atom stereocenters. The van der Waals surface area contributed by atoms with E-state index in [1.165, 1.54) is 32.1 Å². The molecule has 1 rings (SSSR count). The highest BCUT2D eigenvalue weighted by Gasteiger charge is 2.16. The number of ether oxygens (including phenoxy) is 2. The first-order valence-corrected chi connectivity index (χ1v) is 6.41. The van der Waals surface area contributed by atoms with Crippen molar-refractivity contribution in [3.05, 3.63) is 0 Å². The van der Waals surface area contributed by atoms with Crippen LogP contribution in [0.3, 0.4) is 0 Å². The second kappa shape index (κ2) is 8.71. The number of ketones is 1. The predicted molar refractivity (Wildman–Crippen MR) is 63.5 cm³/mol. The number of rotatable bonds is 8. The Morgan fingerprint density at radius 1 is 1.12 bits per heavy atom. The molecule has 1 saturated carbocycles. The summed E-state index contributed by atoms with van der Waals surface area (Å²) in [6, 6.07) is 0. The van der Waals surface area contributed by atoms with E-state index >= 15 is 0 Å². The normalized spacial score (nSPS) is 17.6. The highest BCUT2D eigenvalue weighted by molar-refractivity contribution is 5.78. The van der Waals surface area contributed by atoms with Crippen LogP contribution < -0.4 is 0 Å². The first kappa shape index (κ1) is 13.7. The van der Waals surface area contributed by atoms with E-state index in [-0.39, 0.29) is 0 Å². The molecule has 1 aliphatic rings. The molecule has 0 aromatic heterocycles. The Kier molecular flexibility index (Phi) is 7.43. The molecule has 0 aliphatic heterocycles. The van der Waals surface area contributed by atoms with Gasteiger partial charge in [0.15, 0.2) is 0 Å². The monoisotopic (exact) mass is 228 g/mol. The second-order valence-corrected chi connectivity index (χ2v) is 4.60. The van der Waals surface area contributed by atoms with Crippen LogP contribution in [-0.4, -0.2) is 32.7 Å². The van der Waals surface area contributed by atoms with Crippen molar-refractivity contribution in [2.24, 2.45) is 5.92 Å². The van der Waals surface area contributed by atoms with E-state index in [9.17, 15) is 4.79 Å². The maximum Gasteiger partial charge on any atom is 0.135 e. The van der Waals surface area contributed by atoms with Crippen LogP contribution in [-0.2, 0) is 14.3 Å². The summed E-state index contributed by atoms with van der Waals surface area (Å²) in [5, 5.41) is 0. The van der Waals surface area contributed by atoms with Crippen LogP contribution in [0.2, 0.25) is 0 Å². The lowest BCUT2D eigenvalue weighted by Gasteiger charge is -2.20. The molecule has 0 heterocycles. The van der Waals surface area contributed by atoms with Gasteiger partial charge in [0.05, 0.1) is 19.8 Å². The Labute approximate surface area is 98.5 Å². The lowest BCUT2D eigenvalue weighted by molar-refractivity contribution is -0.121. The minimum absolute atomic E-state index is 0.365. The van der Waals surface area contributed by atoms with Crippen molar-refractivity contribution in [3.63, 3.8) is 0 Å². The average molecular weight is 228 g/mol. The number of hydrogen-bond donors (Lipinski definition) is 0. The molecule has 0 amide bonds. The van der Waals surface area contributed by atoms with Crippen LogP contribution in [0, 0.1) is 5.92 Å². The van der Waals surface area contributed by atoms with Crippen LogP contribution in [0.4, 0.5) is 0 Å². The number of methoxy groups -OCH3 is 1. The van der Waals surface area contributed by atoms with Crippen molar-refractivity contribution in [3.8, 4) is 0 Å². The zero-order chi connectivity index (χ0) is 11.6. The number of carbonyl (C=O) groups excluding carboxylic acids is 1. The quantitative estimate of drug-likeness (QED) is 0.599. The van der Waals surface area contributed by atoms with Crippen LogP contribution in [0.1, 0.15) is 44.9 Å². The van der Waals surface area contributed by atoms with Crippen molar-refractivity contribution in [2.45, 2.75) is 44.9 Å². The van der Waals surface area contributed by atoms with Gasteiger partial charge in [-0.25, -0.2) is 0 Å². The van der Waals surface area contributed by atoms with Crippen LogP contribution in [0.25, 0.3) is 0 Å². The summed E-state index contributed by atoms with van der Waals surface area (Å²) in [5.74, 6) is 1.02. The molecule has 1 fully saturated rings. The number of hydrogen-bond acceptors (Lipinski definition) is 3. The molecule has 0 bridgehead atoms. The fourth-order valence-electron chi connectivity index (χ4n) is 2.25. The molecule has 94 valence electrons. The van der Waals surface area contributed by atoms with Gasteiger partial charge >= 0.3 is 0 Å². The summed E-state index contributed by atoms with van der Waals surface area (Å²) in [4.78, 5) is 11.6. The van der Waals surface area contributed by atoms with Crippen molar-refractivity contribution < 1.29 is 14.3 Å². The molecule has 0 atom stereocenters. The third-order valence-corrected chi connectivity index (χ3v) is 3.20. The first-order valence-electron chi connectivity index (χ1n) is 6.41. The van der Waals surface area contributed by atoms with Gasteiger partial charge in [-0.3, -0.25) is 4.79 Å². The molecule has 3 nitrogen and oxygen atoms in total. The van der Waals surface area contributed by atoms with Gasteiger partial charge in [-0.05, 0) is 5.92 Å². The zero-order valence-corrected chi connectivity index (χ0v) is 10.4. The van der Waals surface area contributed by atoms with E-state index in [1.54, 1.807) is 7.11 Å². The third-order valence-electron chi connectivity index (χ3n) is 3.20. The maximum atomic E-state index is 11.6. The van der Waals surface area contributed by atoms with Crippen LogP contribution in [0.5, 0.6) is 0 Å². The minimum Gasteiger partial charge on any atom is -0.382 e. The number of Topliss-reactive ketones (excluding diaryl/α,β-unsaturated/α-hetero) is 1. The maximum absolute atomic E-state index is 11.6. The molecule has 16 heavy (non-hydrogen) atoms. The van der Waals surface area contributed by atoms with Gasteiger partial charge in [-0.1, -0.05) is 32.1 Å². The molecule has 0 spiro atoms. The Bertz CT molecular complexity index is 186. The Hall–Kier alpha value is -0.410. The van der Waals surface area contributed by atoms with Crippen molar-refractivity contribution in [1.29, 1.82) is 0 Å². The molecule has 0 saturated heterocycles. The smallest absolute Gasteiger partial charge is 0.135 e. The van der Waals surface area contributed by atoms with Gasteiger partial charge in [-0.2, -0.15) is 0 Å². The van der Waals surface area contributed by atoms with Crippen LogP contribution in [0.15, 0.2) is 0 Å². The molecular formula is C13H24O3. The molecule has 3 heteroatoms. The third kappa shape index (κ3) is 6.23. The summed E-state index contributed by atoms with van der Waals surface area (Å²) in [5.41, 5.74) is 0. The van der Waals surface area contributed by atoms with Gasteiger partial charge in [-0.15, -0.1) is 0 Å². The Morgan fingerprint density at radius 2 is 1.88 bits per heavy atom. The predicted octanol–water partition coefficient (Wildman–Crippen LogP) is 2.58. The summed E-state index contributed by atoms with van der Waals surface area (Å²) < 4.78 is 10.1. The molecule has 0 aromatic rings. The molecule has 0 aromatic carbocycles. The van der Waals surface area contributed by atoms with Gasteiger partial charge in [0.25, 0.3) is 0 Å². The Morgan fingerprint density at radius 3 is 2.56 bits per heavy atom. The van der Waals surface area contributed by atoms with E-state index in [0.29, 0.717) is 37.9 Å². The highest BCUT2D eigenvalue weighted by atomic mass is 16.5. The fraction of sp³-hybridized carbons (Fsp3) is 0.923. The summed E-state index contributed by atoms with van der Waals surface area (Å²) >= 11 is 0. The van der Waals surface area contributed by atoms with Gasteiger partial charge in [0, 0.05) is 20.0 Å². The van der Waals surface area contributed by atoms with Gasteiger partial charge in [0.2, 0.25) is 0 Å². The van der Waals surface area contributed by atoms with Crippen molar-refractivity contribution in [1.82, 2.24) is 0 Å². The van der Waals surface area contributed by atoms with E-state index in [0.717, 1.165) is 6.42 Å². The summed E-state index contributed by atoms with van der Waals surface area (Å²) in [6.07, 6.45) is 7.80. The zero-order valence-electron chi connectivity index (χ0n) is 10.4. The lowest BCUT2D eigenvalue weighted by atomic mass is 9.85. The average Bonchev–Trinajstić information content (AvgIpc) is 2.30. The molecule has 0 radical (unpaired) electrons. The second-order valence-electron chi connectivity index (χ2n) is 4.60. The van der Waals surface area contributed by atoms with E-state index in [4.69, 9.17) is 9.47 Å². The van der Waals surface area contributed by atoms with E-state index < -0.39 is 0 Å². The van der Waals surface area contributed by atoms with E-state index in [2.05, 4.69) is 0 Å². The van der Waals surface area contributed by atoms with Crippen molar-refractivity contribution >= 4 is 5.78 Å². The fourth-order valence-corrected chi connectivity index (χ4v) is 2.25. The number of carbonyl (C=O) groups is 1. The molecular weight excluding hydrogens is 204 g/mol. The standard InChI is InChI=1S/C13H24O3/c1-15-9-10-16-8-7-13(14)11-12-5-3-2-4-6-12/h12H,2-11H2,1H3.